The van der Waals surface area contributed by atoms with Crippen LogP contribution in [0.3, 0.4) is 0 Å². The van der Waals surface area contributed by atoms with Crippen LogP contribution in [0.2, 0.25) is 0 Å². The molecule has 1 aromatic rings. The molecule has 0 saturated carbocycles. The SMILES string of the molecule is CC(C)(C)[S@+]([O-])N[C@@H](Cc1cc(F)c(F)cc1F)C1CC2CCC(C1)N2. The lowest BCUT2D eigenvalue weighted by Crippen LogP contribution is -2.52. The molecule has 7 heteroatoms. The second-order valence-corrected chi connectivity index (χ2v) is 10.5. The van der Waals surface area contributed by atoms with E-state index in [-0.39, 0.29) is 23.9 Å². The zero-order chi connectivity index (χ0) is 19.1. The molecular formula is C19H27F3N2OS. The third kappa shape index (κ3) is 4.55. The zero-order valence-corrected chi connectivity index (χ0v) is 16.3. The van der Waals surface area contributed by atoms with Gasteiger partial charge in [-0.25, -0.2) is 13.2 Å². The molecule has 146 valence electrons. The van der Waals surface area contributed by atoms with Crippen molar-refractivity contribution in [3.63, 3.8) is 0 Å². The van der Waals surface area contributed by atoms with Crippen LogP contribution < -0.4 is 10.0 Å². The minimum atomic E-state index is -1.32. The van der Waals surface area contributed by atoms with Gasteiger partial charge in [0.1, 0.15) is 10.6 Å². The Kier molecular flexibility index (Phi) is 5.92. The fourth-order valence-electron chi connectivity index (χ4n) is 4.01. The van der Waals surface area contributed by atoms with E-state index in [1.165, 1.54) is 0 Å². The summed E-state index contributed by atoms with van der Waals surface area (Å²) in [4.78, 5) is 0. The fraction of sp³-hybridized carbons (Fsp3) is 0.684. The van der Waals surface area contributed by atoms with E-state index in [0.29, 0.717) is 18.2 Å². The fourth-order valence-corrected chi connectivity index (χ4v) is 4.91. The van der Waals surface area contributed by atoms with Gasteiger partial charge in [0.2, 0.25) is 0 Å². The van der Waals surface area contributed by atoms with Crippen molar-refractivity contribution in [1.82, 2.24) is 10.0 Å². The summed E-state index contributed by atoms with van der Waals surface area (Å²) >= 11 is -1.32. The highest BCUT2D eigenvalue weighted by molar-refractivity contribution is 7.90. The van der Waals surface area contributed by atoms with Crippen molar-refractivity contribution in [2.45, 2.75) is 75.7 Å². The van der Waals surface area contributed by atoms with Gasteiger partial charge < -0.3 is 9.87 Å². The molecule has 2 saturated heterocycles. The molecule has 0 spiro atoms. The third-order valence-corrected chi connectivity index (χ3v) is 7.05. The van der Waals surface area contributed by atoms with Gasteiger partial charge in [0.25, 0.3) is 0 Å². The zero-order valence-electron chi connectivity index (χ0n) is 15.5. The van der Waals surface area contributed by atoms with Crippen molar-refractivity contribution in [1.29, 1.82) is 0 Å². The summed E-state index contributed by atoms with van der Waals surface area (Å²) in [5.74, 6) is -2.78. The summed E-state index contributed by atoms with van der Waals surface area (Å²) in [7, 11) is 0. The molecule has 0 amide bonds. The van der Waals surface area contributed by atoms with Gasteiger partial charge in [-0.05, 0) is 70.4 Å². The lowest BCUT2D eigenvalue weighted by Gasteiger charge is -2.37. The minimum Gasteiger partial charge on any atom is -0.598 e. The molecule has 4 atom stereocenters. The molecule has 2 aliphatic rings. The molecule has 2 N–H and O–H groups in total. The summed E-state index contributed by atoms with van der Waals surface area (Å²) in [5.41, 5.74) is 0.123. The van der Waals surface area contributed by atoms with Gasteiger partial charge in [-0.1, -0.05) is 0 Å². The number of benzene rings is 1. The average molecular weight is 388 g/mol. The maximum atomic E-state index is 14.2. The van der Waals surface area contributed by atoms with Crippen molar-refractivity contribution in [2.24, 2.45) is 5.92 Å². The van der Waals surface area contributed by atoms with Crippen LogP contribution in [0.5, 0.6) is 0 Å². The normalized spacial score (nSPS) is 28.2. The van der Waals surface area contributed by atoms with E-state index >= 15 is 0 Å². The summed E-state index contributed by atoms with van der Waals surface area (Å²) in [6.45, 7) is 5.62. The summed E-state index contributed by atoms with van der Waals surface area (Å²) in [5, 5.41) is 3.56. The molecule has 2 bridgehead atoms. The molecule has 2 heterocycles. The average Bonchev–Trinajstić information content (AvgIpc) is 2.88. The Morgan fingerprint density at radius 2 is 1.69 bits per heavy atom. The van der Waals surface area contributed by atoms with Gasteiger partial charge >= 0.3 is 0 Å². The van der Waals surface area contributed by atoms with Gasteiger partial charge in [-0.2, -0.15) is 0 Å². The number of hydrogen-bond acceptors (Lipinski definition) is 3. The molecule has 3 rings (SSSR count). The van der Waals surface area contributed by atoms with E-state index in [0.717, 1.165) is 31.7 Å². The predicted molar refractivity (Wildman–Crippen MR) is 97.5 cm³/mol. The number of nitrogens with one attached hydrogen (secondary N) is 2. The molecule has 26 heavy (non-hydrogen) atoms. The lowest BCUT2D eigenvalue weighted by atomic mass is 9.83. The number of hydrogen-bond donors (Lipinski definition) is 2. The first-order valence-corrected chi connectivity index (χ1v) is 10.4. The Balaban J connectivity index is 1.82. The molecule has 0 aliphatic carbocycles. The lowest BCUT2D eigenvalue weighted by molar-refractivity contribution is 0.247. The highest BCUT2D eigenvalue weighted by Crippen LogP contribution is 2.34. The maximum Gasteiger partial charge on any atom is 0.161 e. The van der Waals surface area contributed by atoms with Crippen LogP contribution in [0.15, 0.2) is 12.1 Å². The van der Waals surface area contributed by atoms with Gasteiger partial charge in [-0.15, -0.1) is 4.72 Å². The van der Waals surface area contributed by atoms with Gasteiger partial charge in [0.05, 0.1) is 6.04 Å². The summed E-state index contributed by atoms with van der Waals surface area (Å²) < 4.78 is 56.4. The smallest absolute Gasteiger partial charge is 0.161 e. The topological polar surface area (TPSA) is 47.1 Å². The van der Waals surface area contributed by atoms with Crippen molar-refractivity contribution in [2.75, 3.05) is 0 Å². The number of rotatable bonds is 5. The van der Waals surface area contributed by atoms with Crippen LogP contribution in [-0.4, -0.2) is 27.4 Å². The minimum absolute atomic E-state index is 0.123. The Morgan fingerprint density at radius 3 is 2.27 bits per heavy atom. The van der Waals surface area contributed by atoms with Gasteiger partial charge in [0.15, 0.2) is 11.6 Å². The van der Waals surface area contributed by atoms with Gasteiger partial charge in [0, 0.05) is 29.5 Å². The summed E-state index contributed by atoms with van der Waals surface area (Å²) in [6, 6.07) is 2.13. The monoisotopic (exact) mass is 388 g/mol. The second kappa shape index (κ2) is 7.70. The van der Waals surface area contributed by atoms with E-state index in [1.54, 1.807) is 0 Å². The molecule has 0 radical (unpaired) electrons. The second-order valence-electron chi connectivity index (χ2n) is 8.54. The van der Waals surface area contributed by atoms with E-state index < -0.39 is 33.6 Å². The van der Waals surface area contributed by atoms with Crippen molar-refractivity contribution in [3.8, 4) is 0 Å². The van der Waals surface area contributed by atoms with Crippen LogP contribution in [0, 0.1) is 23.4 Å². The third-order valence-electron chi connectivity index (χ3n) is 5.42. The van der Waals surface area contributed by atoms with Crippen LogP contribution >= 0.6 is 0 Å². The number of piperidine rings is 1. The van der Waals surface area contributed by atoms with E-state index in [2.05, 4.69) is 10.0 Å². The van der Waals surface area contributed by atoms with Crippen molar-refractivity contribution >= 4 is 11.4 Å². The van der Waals surface area contributed by atoms with Crippen molar-refractivity contribution < 1.29 is 17.7 Å². The van der Waals surface area contributed by atoms with Crippen LogP contribution in [0.1, 0.15) is 52.0 Å². The molecule has 2 aliphatic heterocycles. The largest absolute Gasteiger partial charge is 0.598 e. The molecule has 0 aromatic heterocycles. The van der Waals surface area contributed by atoms with Gasteiger partial charge in [-0.3, -0.25) is 0 Å². The number of fused-ring (bicyclic) bond motifs is 2. The maximum absolute atomic E-state index is 14.2. The Labute approximate surface area is 156 Å². The predicted octanol–water partition coefficient (Wildman–Crippen LogP) is 3.60. The molecule has 1 aromatic carbocycles. The number of halogens is 3. The first-order chi connectivity index (χ1) is 12.1. The Bertz CT molecular complexity index is 640. The Hall–Kier alpha value is -0.760. The first kappa shape index (κ1) is 20.0. The molecular weight excluding hydrogens is 361 g/mol. The van der Waals surface area contributed by atoms with E-state index in [9.17, 15) is 17.7 Å². The van der Waals surface area contributed by atoms with Crippen LogP contribution in [0.4, 0.5) is 13.2 Å². The highest BCUT2D eigenvalue weighted by Gasteiger charge is 2.40. The van der Waals surface area contributed by atoms with Crippen LogP contribution in [-0.2, 0) is 17.8 Å². The Morgan fingerprint density at radius 1 is 1.12 bits per heavy atom. The van der Waals surface area contributed by atoms with Crippen molar-refractivity contribution in [3.05, 3.63) is 35.1 Å². The quantitative estimate of drug-likeness (QED) is 0.599. The standard InChI is InChI=1S/C19H27F3N2OS/c1-19(2,3)26(25)24-18(12-6-13-4-5-14(7-12)23-13)9-11-8-16(21)17(22)10-15(11)20/h8,10,12-14,18,23-24H,4-7,9H2,1-3H3/t12?,13?,14?,18-,26-/m0/s1. The van der Waals surface area contributed by atoms with Crippen LogP contribution in [0.25, 0.3) is 0 Å². The summed E-state index contributed by atoms with van der Waals surface area (Å²) in [6.07, 6.45) is 4.27. The molecule has 2 fully saturated rings. The first-order valence-electron chi connectivity index (χ1n) is 9.21. The molecule has 3 nitrogen and oxygen atoms in total. The molecule has 2 unspecified atom stereocenters. The van der Waals surface area contributed by atoms with E-state index in [1.807, 2.05) is 20.8 Å². The van der Waals surface area contributed by atoms with E-state index in [4.69, 9.17) is 0 Å². The highest BCUT2D eigenvalue weighted by atomic mass is 32.2.